The summed E-state index contributed by atoms with van der Waals surface area (Å²) in [6.07, 6.45) is 8.83. The van der Waals surface area contributed by atoms with Gasteiger partial charge in [0.05, 0.1) is 0 Å². The molecule has 72 valence electrons. The molecule has 0 bridgehead atoms. The van der Waals surface area contributed by atoms with Crippen LogP contribution in [0.3, 0.4) is 0 Å². The Kier molecular flexibility index (Phi) is 1.88. The molecule has 0 spiro atoms. The van der Waals surface area contributed by atoms with E-state index in [1.807, 2.05) is 12.2 Å². The summed E-state index contributed by atoms with van der Waals surface area (Å²) in [7, 11) is 0. The minimum atomic E-state index is -0.0538. The van der Waals surface area contributed by atoms with Gasteiger partial charge in [0.25, 0.3) is 0 Å². The van der Waals surface area contributed by atoms with Crippen molar-refractivity contribution in [3.8, 4) is 0 Å². The predicted octanol–water partition coefficient (Wildman–Crippen LogP) is 3.08. The first kappa shape index (κ1) is 9.01. The van der Waals surface area contributed by atoms with E-state index in [1.54, 1.807) is 0 Å². The molecule has 1 heterocycles. The number of ether oxygens (including phenoxy) is 1. The Morgan fingerprint density at radius 2 is 2.23 bits per heavy atom. The van der Waals surface area contributed by atoms with Crippen LogP contribution in [-0.2, 0) is 4.74 Å². The van der Waals surface area contributed by atoms with Gasteiger partial charge < -0.3 is 4.74 Å². The van der Waals surface area contributed by atoms with Gasteiger partial charge in [0, 0.05) is 0 Å². The minimum absolute atomic E-state index is 0.0479. The van der Waals surface area contributed by atoms with Crippen molar-refractivity contribution in [3.63, 3.8) is 0 Å². The van der Waals surface area contributed by atoms with E-state index in [-0.39, 0.29) is 11.2 Å². The third-order valence-electron chi connectivity index (χ3n) is 3.80. The average molecular weight is 178 g/mol. The fourth-order valence-electron chi connectivity index (χ4n) is 2.97. The highest BCUT2D eigenvalue weighted by atomic mass is 16.6. The van der Waals surface area contributed by atoms with Crippen molar-refractivity contribution in [3.05, 3.63) is 25.3 Å². The normalized spacial score (nSPS) is 47.9. The van der Waals surface area contributed by atoms with Gasteiger partial charge in [-0.05, 0) is 25.2 Å². The molecule has 3 atom stereocenters. The molecular formula is C12H18O. The minimum Gasteiger partial charge on any atom is -0.353 e. The number of rotatable bonds is 3. The highest BCUT2D eigenvalue weighted by Gasteiger charge is 2.70. The summed E-state index contributed by atoms with van der Waals surface area (Å²) < 4.78 is 5.92. The molecule has 1 nitrogen and oxygen atoms in total. The molecular weight excluding hydrogens is 160 g/mol. The smallest absolute Gasteiger partial charge is 0.123 e. The molecule has 13 heavy (non-hydrogen) atoms. The van der Waals surface area contributed by atoms with Crippen LogP contribution < -0.4 is 0 Å². The second kappa shape index (κ2) is 2.71. The van der Waals surface area contributed by atoms with Gasteiger partial charge in [-0.25, -0.2) is 0 Å². The lowest BCUT2D eigenvalue weighted by atomic mass is 9.71. The van der Waals surface area contributed by atoms with Crippen LogP contribution in [0.2, 0.25) is 0 Å². The van der Waals surface area contributed by atoms with Gasteiger partial charge in [-0.3, -0.25) is 0 Å². The summed E-state index contributed by atoms with van der Waals surface area (Å²) in [5.74, 6) is 0.650. The summed E-state index contributed by atoms with van der Waals surface area (Å²) in [5, 5.41) is 0. The molecule has 0 aromatic rings. The molecule has 0 aromatic heterocycles. The Morgan fingerprint density at radius 3 is 2.77 bits per heavy atom. The standard InChI is InChI=1S/C12H18O/c1-4-10-8-7-9-11(5-2)12(10,6-3)13-11/h5-6,10H,2-4,7-9H2,1H3. The molecule has 2 fully saturated rings. The number of hydrogen-bond donors (Lipinski definition) is 0. The molecule has 0 aromatic carbocycles. The van der Waals surface area contributed by atoms with Gasteiger partial charge in [0.1, 0.15) is 11.2 Å². The summed E-state index contributed by atoms with van der Waals surface area (Å²) in [6, 6.07) is 0. The van der Waals surface area contributed by atoms with Crippen LogP contribution in [0.4, 0.5) is 0 Å². The summed E-state index contributed by atoms with van der Waals surface area (Å²) >= 11 is 0. The topological polar surface area (TPSA) is 12.5 Å². The molecule has 3 unspecified atom stereocenters. The zero-order valence-electron chi connectivity index (χ0n) is 8.38. The fraction of sp³-hybridized carbons (Fsp3) is 0.667. The molecule has 2 aliphatic rings. The lowest BCUT2D eigenvalue weighted by Gasteiger charge is -2.28. The van der Waals surface area contributed by atoms with Gasteiger partial charge in [0.15, 0.2) is 0 Å². The number of epoxide rings is 1. The first-order valence-corrected chi connectivity index (χ1v) is 5.22. The van der Waals surface area contributed by atoms with Crippen molar-refractivity contribution in [1.82, 2.24) is 0 Å². The van der Waals surface area contributed by atoms with Crippen molar-refractivity contribution >= 4 is 0 Å². The summed E-state index contributed by atoms with van der Waals surface area (Å²) in [4.78, 5) is 0. The lowest BCUT2D eigenvalue weighted by molar-refractivity contribution is 0.249. The van der Waals surface area contributed by atoms with E-state index < -0.39 is 0 Å². The van der Waals surface area contributed by atoms with E-state index in [4.69, 9.17) is 4.74 Å². The molecule has 1 saturated carbocycles. The quantitative estimate of drug-likeness (QED) is 0.478. The molecule has 0 amide bonds. The third-order valence-corrected chi connectivity index (χ3v) is 3.80. The highest BCUT2D eigenvalue weighted by molar-refractivity contribution is 5.33. The Labute approximate surface area is 80.5 Å². The largest absolute Gasteiger partial charge is 0.353 e. The first-order chi connectivity index (χ1) is 6.24. The maximum absolute atomic E-state index is 5.92. The van der Waals surface area contributed by atoms with Gasteiger partial charge in [0.2, 0.25) is 0 Å². The monoisotopic (exact) mass is 178 g/mol. The average Bonchev–Trinajstić information content (AvgIpc) is 2.87. The van der Waals surface area contributed by atoms with Crippen molar-refractivity contribution in [1.29, 1.82) is 0 Å². The van der Waals surface area contributed by atoms with E-state index in [0.29, 0.717) is 5.92 Å². The van der Waals surface area contributed by atoms with E-state index in [0.717, 1.165) is 6.42 Å². The third kappa shape index (κ3) is 0.912. The van der Waals surface area contributed by atoms with Crippen LogP contribution in [0.25, 0.3) is 0 Å². The van der Waals surface area contributed by atoms with Gasteiger partial charge in [-0.1, -0.05) is 25.5 Å². The Balaban J connectivity index is 2.28. The van der Waals surface area contributed by atoms with E-state index >= 15 is 0 Å². The van der Waals surface area contributed by atoms with Crippen LogP contribution in [0.1, 0.15) is 32.6 Å². The van der Waals surface area contributed by atoms with Crippen molar-refractivity contribution < 1.29 is 4.74 Å². The number of fused-ring (bicyclic) bond motifs is 1. The maximum atomic E-state index is 5.92. The van der Waals surface area contributed by atoms with Crippen molar-refractivity contribution in [2.45, 2.75) is 43.8 Å². The van der Waals surface area contributed by atoms with Crippen LogP contribution in [0, 0.1) is 5.92 Å². The predicted molar refractivity (Wildman–Crippen MR) is 54.6 cm³/mol. The zero-order chi connectivity index (χ0) is 9.53. The molecule has 2 rings (SSSR count). The highest BCUT2D eigenvalue weighted by Crippen LogP contribution is 2.62. The molecule has 1 aliphatic carbocycles. The summed E-state index contributed by atoms with van der Waals surface area (Å²) in [6.45, 7) is 10.0. The molecule has 0 N–H and O–H groups in total. The van der Waals surface area contributed by atoms with E-state index in [1.165, 1.54) is 19.3 Å². The fourth-order valence-corrected chi connectivity index (χ4v) is 2.97. The lowest BCUT2D eigenvalue weighted by Crippen LogP contribution is -2.34. The second-order valence-electron chi connectivity index (χ2n) is 4.19. The molecule has 1 aliphatic heterocycles. The summed E-state index contributed by atoms with van der Waals surface area (Å²) in [5.41, 5.74) is -0.102. The maximum Gasteiger partial charge on any atom is 0.123 e. The van der Waals surface area contributed by atoms with Crippen LogP contribution >= 0.6 is 0 Å². The number of hydrogen-bond acceptors (Lipinski definition) is 1. The molecule has 1 heteroatoms. The Hall–Kier alpha value is -0.560. The van der Waals surface area contributed by atoms with Crippen LogP contribution in [0.5, 0.6) is 0 Å². The van der Waals surface area contributed by atoms with Crippen LogP contribution in [0.15, 0.2) is 25.3 Å². The zero-order valence-corrected chi connectivity index (χ0v) is 8.38. The van der Waals surface area contributed by atoms with E-state index in [2.05, 4.69) is 20.1 Å². The van der Waals surface area contributed by atoms with Gasteiger partial charge in [-0.15, -0.1) is 13.2 Å². The first-order valence-electron chi connectivity index (χ1n) is 5.22. The van der Waals surface area contributed by atoms with Crippen molar-refractivity contribution in [2.75, 3.05) is 0 Å². The Bertz CT molecular complexity index is 246. The second-order valence-corrected chi connectivity index (χ2v) is 4.19. The molecule has 0 radical (unpaired) electrons. The van der Waals surface area contributed by atoms with Crippen LogP contribution in [-0.4, -0.2) is 11.2 Å². The van der Waals surface area contributed by atoms with Gasteiger partial charge >= 0.3 is 0 Å². The Morgan fingerprint density at radius 1 is 1.46 bits per heavy atom. The van der Waals surface area contributed by atoms with E-state index in [9.17, 15) is 0 Å². The molecule has 1 saturated heterocycles. The SMILES string of the molecule is C=CC12CCCC(CC)C1(C=C)O2. The van der Waals surface area contributed by atoms with Crippen molar-refractivity contribution in [2.24, 2.45) is 5.92 Å². The van der Waals surface area contributed by atoms with Gasteiger partial charge in [-0.2, -0.15) is 0 Å².